The molecule has 1 atom stereocenters. The molecule has 0 bridgehead atoms. The zero-order valence-corrected chi connectivity index (χ0v) is 18.1. The predicted molar refractivity (Wildman–Crippen MR) is 117 cm³/mol. The second kappa shape index (κ2) is 8.38. The summed E-state index contributed by atoms with van der Waals surface area (Å²) in [5.74, 6) is 0.315. The third kappa shape index (κ3) is 4.24. The minimum atomic E-state index is -0.562. The number of anilines is 1. The van der Waals surface area contributed by atoms with E-state index in [1.165, 1.54) is 6.42 Å². The van der Waals surface area contributed by atoms with Gasteiger partial charge >= 0.3 is 0 Å². The molecule has 0 unspecified atom stereocenters. The maximum atomic E-state index is 13.1. The smallest absolute Gasteiger partial charge is 0.251 e. The zero-order valence-electron chi connectivity index (χ0n) is 18.1. The summed E-state index contributed by atoms with van der Waals surface area (Å²) in [5, 5.41) is 24.2. The van der Waals surface area contributed by atoms with E-state index in [9.17, 15) is 14.9 Å². The molecule has 8 heteroatoms. The van der Waals surface area contributed by atoms with Gasteiger partial charge in [0, 0.05) is 17.2 Å². The Hall–Kier alpha value is -3.21. The van der Waals surface area contributed by atoms with Crippen molar-refractivity contribution in [1.82, 2.24) is 20.3 Å². The molecule has 0 aliphatic heterocycles. The molecule has 1 aromatic carbocycles. The van der Waals surface area contributed by atoms with Gasteiger partial charge < -0.3 is 10.6 Å². The molecule has 3 fully saturated rings. The lowest BCUT2D eigenvalue weighted by Gasteiger charge is -2.29. The number of hydrogen-bond donors (Lipinski definition) is 2. The second-order valence-corrected chi connectivity index (χ2v) is 9.42. The maximum absolute atomic E-state index is 13.1. The van der Waals surface area contributed by atoms with Gasteiger partial charge in [0.05, 0.1) is 18.3 Å². The van der Waals surface area contributed by atoms with Crippen LogP contribution in [0.3, 0.4) is 0 Å². The van der Waals surface area contributed by atoms with E-state index in [0.29, 0.717) is 17.2 Å². The van der Waals surface area contributed by atoms with Crippen LogP contribution in [0.4, 0.5) is 5.69 Å². The van der Waals surface area contributed by atoms with Crippen molar-refractivity contribution in [3.05, 3.63) is 41.7 Å². The van der Waals surface area contributed by atoms with E-state index >= 15 is 0 Å². The fourth-order valence-corrected chi connectivity index (χ4v) is 4.56. The molecule has 2 N–H and O–H groups in total. The molecule has 1 heterocycles. The predicted octanol–water partition coefficient (Wildman–Crippen LogP) is 3.69. The number of nitriles is 1. The highest BCUT2D eigenvalue weighted by Crippen LogP contribution is 2.43. The van der Waals surface area contributed by atoms with Crippen molar-refractivity contribution in [1.29, 1.82) is 5.26 Å². The number of amides is 2. The Morgan fingerprint density at radius 3 is 2.44 bits per heavy atom. The number of nitrogens with one attached hydrogen (secondary N) is 2. The quantitative estimate of drug-likeness (QED) is 0.693. The lowest BCUT2D eigenvalue weighted by molar-refractivity contribution is -0.117. The van der Waals surface area contributed by atoms with Gasteiger partial charge in [-0.15, -0.1) is 5.10 Å². The largest absolute Gasteiger partial charge is 0.343 e. The molecule has 1 aromatic heterocycles. The lowest BCUT2D eigenvalue weighted by Crippen LogP contribution is -2.34. The number of carbonyl (C=O) groups excluding carboxylic acids is 2. The van der Waals surface area contributed by atoms with Gasteiger partial charge in [-0.1, -0.05) is 24.5 Å². The molecule has 3 saturated carbocycles. The van der Waals surface area contributed by atoms with Gasteiger partial charge in [-0.3, -0.25) is 9.59 Å². The van der Waals surface area contributed by atoms with Gasteiger partial charge in [0.1, 0.15) is 5.69 Å². The first-order valence-electron chi connectivity index (χ1n) is 11.6. The third-order valence-electron chi connectivity index (χ3n) is 6.97. The highest BCUT2D eigenvalue weighted by Gasteiger charge is 2.47. The van der Waals surface area contributed by atoms with Crippen molar-refractivity contribution in [2.24, 2.45) is 11.8 Å². The fraction of sp³-hybridized carbons (Fsp3) is 0.542. The first kappa shape index (κ1) is 20.7. The first-order valence-corrected chi connectivity index (χ1v) is 11.6. The molecule has 0 spiro atoms. The Morgan fingerprint density at radius 2 is 1.81 bits per heavy atom. The second-order valence-electron chi connectivity index (χ2n) is 9.42. The minimum Gasteiger partial charge on any atom is -0.343 e. The summed E-state index contributed by atoms with van der Waals surface area (Å²) in [6.07, 6.45) is 10.9. The van der Waals surface area contributed by atoms with Crippen LogP contribution in [0.1, 0.15) is 79.9 Å². The van der Waals surface area contributed by atoms with E-state index in [0.717, 1.165) is 57.1 Å². The number of carbonyl (C=O) groups is 2. The SMILES string of the molecule is N#CC1(n2cc([C@@H](NC(=O)c3ccc(NC(=O)C4CC4)cc3)C3CCCCC3)nn2)CC1. The average Bonchev–Trinajstić information content (AvgIpc) is 3.76. The topological polar surface area (TPSA) is 113 Å². The van der Waals surface area contributed by atoms with Crippen LogP contribution < -0.4 is 10.6 Å². The molecule has 2 aromatic rings. The van der Waals surface area contributed by atoms with Gasteiger partial charge in [0.15, 0.2) is 5.54 Å². The van der Waals surface area contributed by atoms with Crippen LogP contribution in [0.2, 0.25) is 0 Å². The summed E-state index contributed by atoms with van der Waals surface area (Å²) in [5.41, 5.74) is 1.41. The van der Waals surface area contributed by atoms with Gasteiger partial charge in [-0.05, 0) is 68.7 Å². The molecule has 5 rings (SSSR count). The van der Waals surface area contributed by atoms with Crippen LogP contribution in [0.25, 0.3) is 0 Å². The number of aromatic nitrogens is 3. The normalized spacial score (nSPS) is 20.7. The number of nitrogens with zero attached hydrogens (tertiary/aromatic N) is 4. The fourth-order valence-electron chi connectivity index (χ4n) is 4.56. The first-order chi connectivity index (χ1) is 15.6. The Kier molecular flexibility index (Phi) is 5.41. The molecule has 8 nitrogen and oxygen atoms in total. The Balaban J connectivity index is 1.31. The van der Waals surface area contributed by atoms with Crippen LogP contribution in [0.5, 0.6) is 0 Å². The Labute approximate surface area is 187 Å². The van der Waals surface area contributed by atoms with Crippen LogP contribution in [0.15, 0.2) is 30.5 Å². The minimum absolute atomic E-state index is 0.0495. The van der Waals surface area contributed by atoms with Gasteiger partial charge in [-0.2, -0.15) is 5.26 Å². The molecular weight excluding hydrogens is 404 g/mol. The van der Waals surface area contributed by atoms with Crippen molar-refractivity contribution in [3.63, 3.8) is 0 Å². The summed E-state index contributed by atoms with van der Waals surface area (Å²) in [6, 6.07) is 9.12. The third-order valence-corrected chi connectivity index (χ3v) is 6.97. The lowest BCUT2D eigenvalue weighted by atomic mass is 9.82. The molecule has 0 radical (unpaired) electrons. The number of rotatable bonds is 7. The molecule has 3 aliphatic rings. The van der Waals surface area contributed by atoms with Gasteiger partial charge in [0.2, 0.25) is 5.91 Å². The standard InChI is InChI=1S/C24H28N6O2/c25-15-24(12-13-24)30-14-20(28-29-30)21(16-4-2-1-3-5-16)27-23(32)18-8-10-19(11-9-18)26-22(31)17-6-7-17/h8-11,14,16-17,21H,1-7,12-13H2,(H,26,31)(H,27,32)/t21-/m0/s1. The molecule has 166 valence electrons. The highest BCUT2D eigenvalue weighted by atomic mass is 16.2. The summed E-state index contributed by atoms with van der Waals surface area (Å²) in [7, 11) is 0. The van der Waals surface area contributed by atoms with Crippen LogP contribution in [-0.2, 0) is 10.3 Å². The van der Waals surface area contributed by atoms with E-state index in [-0.39, 0.29) is 23.8 Å². The molecule has 32 heavy (non-hydrogen) atoms. The van der Waals surface area contributed by atoms with Crippen LogP contribution >= 0.6 is 0 Å². The van der Waals surface area contributed by atoms with E-state index in [1.54, 1.807) is 28.9 Å². The van der Waals surface area contributed by atoms with Crippen molar-refractivity contribution in [2.75, 3.05) is 5.32 Å². The summed E-state index contributed by atoms with van der Waals surface area (Å²) in [4.78, 5) is 25.0. The van der Waals surface area contributed by atoms with E-state index < -0.39 is 5.54 Å². The zero-order chi connectivity index (χ0) is 22.1. The van der Waals surface area contributed by atoms with E-state index in [1.807, 2.05) is 6.20 Å². The van der Waals surface area contributed by atoms with Crippen molar-refractivity contribution in [3.8, 4) is 6.07 Å². The van der Waals surface area contributed by atoms with E-state index in [4.69, 9.17) is 0 Å². The summed E-state index contributed by atoms with van der Waals surface area (Å²) < 4.78 is 1.67. The van der Waals surface area contributed by atoms with E-state index in [2.05, 4.69) is 27.0 Å². The van der Waals surface area contributed by atoms with Crippen molar-refractivity contribution in [2.45, 2.75) is 69.4 Å². The van der Waals surface area contributed by atoms with Crippen LogP contribution in [0, 0.1) is 23.2 Å². The van der Waals surface area contributed by atoms with Crippen molar-refractivity contribution < 1.29 is 9.59 Å². The molecule has 2 amide bonds. The van der Waals surface area contributed by atoms with Crippen LogP contribution in [-0.4, -0.2) is 26.8 Å². The molecule has 3 aliphatic carbocycles. The Bertz CT molecular complexity index is 1040. The average molecular weight is 433 g/mol. The summed E-state index contributed by atoms with van der Waals surface area (Å²) in [6.45, 7) is 0. The number of benzene rings is 1. The summed E-state index contributed by atoms with van der Waals surface area (Å²) >= 11 is 0. The Morgan fingerprint density at radius 1 is 1.09 bits per heavy atom. The van der Waals surface area contributed by atoms with Gasteiger partial charge in [0.25, 0.3) is 5.91 Å². The number of hydrogen-bond acceptors (Lipinski definition) is 5. The maximum Gasteiger partial charge on any atom is 0.251 e. The molecular formula is C24H28N6O2. The highest BCUT2D eigenvalue weighted by molar-refractivity contribution is 5.97. The molecule has 0 saturated heterocycles. The van der Waals surface area contributed by atoms with Crippen molar-refractivity contribution >= 4 is 17.5 Å². The van der Waals surface area contributed by atoms with Gasteiger partial charge in [-0.25, -0.2) is 4.68 Å². The monoisotopic (exact) mass is 432 g/mol.